The number of benzene rings is 1. The lowest BCUT2D eigenvalue weighted by Gasteiger charge is -2.34. The highest BCUT2D eigenvalue weighted by atomic mass is 16.5. The largest absolute Gasteiger partial charge is 0.495 e. The maximum absolute atomic E-state index is 6.12. The molecule has 2 N–H and O–H groups in total. The van der Waals surface area contributed by atoms with E-state index in [1.807, 2.05) is 19.1 Å². The molecule has 1 heterocycles. The molecule has 0 bridgehead atoms. The summed E-state index contributed by atoms with van der Waals surface area (Å²) in [4.78, 5) is 2.31. The molecule has 1 aliphatic rings. The van der Waals surface area contributed by atoms with Crippen molar-refractivity contribution in [2.45, 2.75) is 25.9 Å². The van der Waals surface area contributed by atoms with Crippen LogP contribution in [0.4, 0.5) is 11.4 Å². The molecule has 1 fully saturated rings. The fraction of sp³-hybridized carbons (Fsp3) is 0.571. The van der Waals surface area contributed by atoms with Gasteiger partial charge in [0.15, 0.2) is 0 Å². The molecule has 0 atom stereocenters. The molecule has 1 aromatic carbocycles. The van der Waals surface area contributed by atoms with Gasteiger partial charge in [0, 0.05) is 19.7 Å². The Morgan fingerprint density at radius 2 is 2.06 bits per heavy atom. The smallest absolute Gasteiger partial charge is 0.143 e. The van der Waals surface area contributed by atoms with Crippen molar-refractivity contribution in [3.8, 4) is 5.75 Å². The lowest BCUT2D eigenvalue weighted by molar-refractivity contribution is 0.0459. The number of rotatable bonds is 4. The van der Waals surface area contributed by atoms with Gasteiger partial charge in [-0.1, -0.05) is 6.07 Å². The van der Waals surface area contributed by atoms with Crippen molar-refractivity contribution in [2.24, 2.45) is 0 Å². The molecule has 0 amide bonds. The number of methoxy groups -OCH3 is 1. The van der Waals surface area contributed by atoms with Gasteiger partial charge in [0.05, 0.1) is 24.6 Å². The highest BCUT2D eigenvalue weighted by Crippen LogP contribution is 2.33. The minimum absolute atomic E-state index is 0.401. The summed E-state index contributed by atoms with van der Waals surface area (Å²) < 4.78 is 10.9. The average Bonchev–Trinajstić information content (AvgIpc) is 2.41. The van der Waals surface area contributed by atoms with Crippen LogP contribution in [0.1, 0.15) is 19.8 Å². The molecule has 1 aliphatic heterocycles. The van der Waals surface area contributed by atoms with Gasteiger partial charge < -0.3 is 20.1 Å². The van der Waals surface area contributed by atoms with E-state index in [0.717, 1.165) is 49.7 Å². The van der Waals surface area contributed by atoms with Crippen LogP contribution in [0.2, 0.25) is 0 Å². The fourth-order valence-electron chi connectivity index (χ4n) is 2.49. The molecule has 0 spiro atoms. The molecule has 1 saturated heterocycles. The van der Waals surface area contributed by atoms with Crippen molar-refractivity contribution in [3.63, 3.8) is 0 Å². The summed E-state index contributed by atoms with van der Waals surface area (Å²) in [6, 6.07) is 5.93. The Morgan fingerprint density at radius 1 is 1.33 bits per heavy atom. The van der Waals surface area contributed by atoms with E-state index in [0.29, 0.717) is 6.10 Å². The molecule has 18 heavy (non-hydrogen) atoms. The number of para-hydroxylation sites is 1. The molecular weight excluding hydrogens is 228 g/mol. The quantitative estimate of drug-likeness (QED) is 0.833. The number of ether oxygens (including phenoxy) is 2. The summed E-state index contributed by atoms with van der Waals surface area (Å²) in [5.74, 6) is 0.749. The molecule has 0 aliphatic carbocycles. The van der Waals surface area contributed by atoms with E-state index in [4.69, 9.17) is 15.2 Å². The van der Waals surface area contributed by atoms with Gasteiger partial charge in [-0.3, -0.25) is 0 Å². The Bertz CT molecular complexity index is 387. The molecule has 100 valence electrons. The van der Waals surface area contributed by atoms with Crippen LogP contribution in [0.25, 0.3) is 0 Å². The van der Waals surface area contributed by atoms with E-state index in [9.17, 15) is 0 Å². The molecule has 2 rings (SSSR count). The highest BCUT2D eigenvalue weighted by molar-refractivity contribution is 5.74. The van der Waals surface area contributed by atoms with Gasteiger partial charge in [-0.25, -0.2) is 0 Å². The van der Waals surface area contributed by atoms with Crippen molar-refractivity contribution in [3.05, 3.63) is 18.2 Å². The third kappa shape index (κ3) is 2.70. The van der Waals surface area contributed by atoms with E-state index in [1.165, 1.54) is 0 Å². The minimum Gasteiger partial charge on any atom is -0.495 e. The summed E-state index contributed by atoms with van der Waals surface area (Å²) >= 11 is 0. The summed E-state index contributed by atoms with van der Waals surface area (Å²) in [7, 11) is 1.65. The molecule has 0 aromatic heterocycles. The zero-order valence-corrected chi connectivity index (χ0v) is 11.2. The van der Waals surface area contributed by atoms with Gasteiger partial charge in [-0.15, -0.1) is 0 Å². The number of nitrogen functional groups attached to an aromatic ring is 1. The summed E-state index contributed by atoms with van der Waals surface area (Å²) in [6.45, 7) is 4.82. The molecule has 0 unspecified atom stereocenters. The van der Waals surface area contributed by atoms with Crippen LogP contribution in [-0.2, 0) is 4.74 Å². The lowest BCUT2D eigenvalue weighted by Crippen LogP contribution is -2.37. The third-order valence-corrected chi connectivity index (χ3v) is 3.45. The maximum atomic E-state index is 6.12. The third-order valence-electron chi connectivity index (χ3n) is 3.45. The minimum atomic E-state index is 0.401. The number of hydrogen-bond acceptors (Lipinski definition) is 4. The Kier molecular flexibility index (Phi) is 4.31. The van der Waals surface area contributed by atoms with Crippen LogP contribution in [0, 0.1) is 0 Å². The lowest BCUT2D eigenvalue weighted by atomic mass is 10.1. The first-order valence-electron chi connectivity index (χ1n) is 6.55. The highest BCUT2D eigenvalue weighted by Gasteiger charge is 2.21. The standard InChI is InChI=1S/C14H22N2O2/c1-3-18-11-7-9-16(10-8-11)12-5-4-6-13(17-2)14(12)15/h4-6,11H,3,7-10,15H2,1-2H3. The Balaban J connectivity index is 2.05. The van der Waals surface area contributed by atoms with Crippen LogP contribution >= 0.6 is 0 Å². The van der Waals surface area contributed by atoms with E-state index < -0.39 is 0 Å². The molecule has 1 aromatic rings. The average molecular weight is 250 g/mol. The summed E-state index contributed by atoms with van der Waals surface area (Å²) in [5.41, 5.74) is 7.92. The van der Waals surface area contributed by atoms with Crippen molar-refractivity contribution >= 4 is 11.4 Å². The normalized spacial score (nSPS) is 16.9. The summed E-state index contributed by atoms with van der Waals surface area (Å²) in [6.07, 6.45) is 2.52. The predicted octanol–water partition coefficient (Wildman–Crippen LogP) is 2.28. The first-order valence-corrected chi connectivity index (χ1v) is 6.55. The Morgan fingerprint density at radius 3 is 2.67 bits per heavy atom. The van der Waals surface area contributed by atoms with Gasteiger partial charge in [0.25, 0.3) is 0 Å². The van der Waals surface area contributed by atoms with Crippen molar-refractivity contribution < 1.29 is 9.47 Å². The van der Waals surface area contributed by atoms with E-state index in [2.05, 4.69) is 11.0 Å². The first kappa shape index (κ1) is 13.0. The van der Waals surface area contributed by atoms with Crippen LogP contribution in [0.3, 0.4) is 0 Å². The molecule has 4 nitrogen and oxygen atoms in total. The second kappa shape index (κ2) is 5.96. The molecule has 4 heteroatoms. The number of nitrogens with zero attached hydrogens (tertiary/aromatic N) is 1. The van der Waals surface area contributed by atoms with Crippen molar-refractivity contribution in [1.29, 1.82) is 0 Å². The fourth-order valence-corrected chi connectivity index (χ4v) is 2.49. The maximum Gasteiger partial charge on any atom is 0.143 e. The van der Waals surface area contributed by atoms with Crippen LogP contribution in [0.5, 0.6) is 5.75 Å². The van der Waals surface area contributed by atoms with Crippen molar-refractivity contribution in [2.75, 3.05) is 37.4 Å². The number of nitrogens with two attached hydrogens (primary N) is 1. The van der Waals surface area contributed by atoms with Crippen LogP contribution in [-0.4, -0.2) is 32.9 Å². The van der Waals surface area contributed by atoms with E-state index in [-0.39, 0.29) is 0 Å². The van der Waals surface area contributed by atoms with Gasteiger partial charge in [0.2, 0.25) is 0 Å². The van der Waals surface area contributed by atoms with Gasteiger partial charge in [-0.2, -0.15) is 0 Å². The predicted molar refractivity (Wildman–Crippen MR) is 74.3 cm³/mol. The number of anilines is 2. The van der Waals surface area contributed by atoms with Gasteiger partial charge in [0.1, 0.15) is 5.75 Å². The molecular formula is C14H22N2O2. The second-order valence-corrected chi connectivity index (χ2v) is 4.53. The Labute approximate surface area is 109 Å². The zero-order valence-electron chi connectivity index (χ0n) is 11.2. The first-order chi connectivity index (χ1) is 8.76. The van der Waals surface area contributed by atoms with Gasteiger partial charge in [-0.05, 0) is 31.9 Å². The van der Waals surface area contributed by atoms with E-state index in [1.54, 1.807) is 7.11 Å². The van der Waals surface area contributed by atoms with E-state index >= 15 is 0 Å². The van der Waals surface area contributed by atoms with Crippen LogP contribution < -0.4 is 15.4 Å². The topological polar surface area (TPSA) is 47.7 Å². The van der Waals surface area contributed by atoms with Crippen LogP contribution in [0.15, 0.2) is 18.2 Å². The SMILES string of the molecule is CCOC1CCN(c2cccc(OC)c2N)CC1. The van der Waals surface area contributed by atoms with Crippen molar-refractivity contribution in [1.82, 2.24) is 0 Å². The number of hydrogen-bond donors (Lipinski definition) is 1. The molecule has 0 saturated carbocycles. The van der Waals surface area contributed by atoms with Gasteiger partial charge >= 0.3 is 0 Å². The zero-order chi connectivity index (χ0) is 13.0. The molecule has 0 radical (unpaired) electrons. The monoisotopic (exact) mass is 250 g/mol. The number of piperidine rings is 1. The second-order valence-electron chi connectivity index (χ2n) is 4.53. The summed E-state index contributed by atoms with van der Waals surface area (Å²) in [5, 5.41) is 0. The Hall–Kier alpha value is -1.42.